The average molecular weight is 235 g/mol. The molecule has 1 rings (SSSR count). The van der Waals surface area contributed by atoms with Crippen LogP contribution in [0.25, 0.3) is 0 Å². The van der Waals surface area contributed by atoms with Gasteiger partial charge in [-0.25, -0.2) is 0 Å². The van der Waals surface area contributed by atoms with Gasteiger partial charge in [0.2, 0.25) is 0 Å². The predicted octanol–water partition coefficient (Wildman–Crippen LogP) is 0.386. The van der Waals surface area contributed by atoms with Crippen LogP contribution >= 0.6 is 10.8 Å². The van der Waals surface area contributed by atoms with E-state index in [1.165, 1.54) is 0 Å². The Hall–Kier alpha value is 0.730. The molecule has 0 saturated heterocycles. The Balaban J connectivity index is 0.00000144. The zero-order valence-corrected chi connectivity index (χ0v) is 8.28. The standard InChI is InChI=1S/C5H9NO4S2.Na.H/c1-5(2)3-4(6-10-5)11-12(7,8)9;;/h3H2,1-2H3,(H,7,8,9);;. The molecule has 0 aromatic rings. The fourth-order valence-corrected chi connectivity index (χ4v) is 2.48. The van der Waals surface area contributed by atoms with Crippen molar-refractivity contribution in [1.82, 2.24) is 0 Å². The molecule has 0 spiro atoms. The summed E-state index contributed by atoms with van der Waals surface area (Å²) in [5.74, 6) is 0. The van der Waals surface area contributed by atoms with Crippen molar-refractivity contribution in [1.29, 1.82) is 0 Å². The average Bonchev–Trinajstić information content (AvgIpc) is 2.05. The van der Waals surface area contributed by atoms with Gasteiger partial charge in [0.1, 0.15) is 10.6 Å². The molecule has 8 heteroatoms. The van der Waals surface area contributed by atoms with Crippen LogP contribution in [0.2, 0.25) is 0 Å². The summed E-state index contributed by atoms with van der Waals surface area (Å²) in [5, 5.41) is 3.79. The van der Waals surface area contributed by atoms with Crippen LogP contribution < -0.4 is 0 Å². The van der Waals surface area contributed by atoms with E-state index in [1.54, 1.807) is 13.8 Å². The van der Waals surface area contributed by atoms with E-state index in [0.717, 1.165) is 0 Å². The molecule has 5 nitrogen and oxygen atoms in total. The second-order valence-corrected chi connectivity index (χ2v) is 6.28. The van der Waals surface area contributed by atoms with E-state index in [-0.39, 0.29) is 34.6 Å². The van der Waals surface area contributed by atoms with Crippen molar-refractivity contribution < 1.29 is 17.8 Å². The van der Waals surface area contributed by atoms with Gasteiger partial charge < -0.3 is 4.84 Å². The van der Waals surface area contributed by atoms with Crippen molar-refractivity contribution in [2.45, 2.75) is 25.9 Å². The van der Waals surface area contributed by atoms with E-state index in [2.05, 4.69) is 5.16 Å². The maximum absolute atomic E-state index is 10.4. The molecular weight excluding hydrogens is 225 g/mol. The molecular formula is C5H10NNaO4S2. The summed E-state index contributed by atoms with van der Waals surface area (Å²) in [7, 11) is -3.73. The molecule has 0 saturated carbocycles. The Morgan fingerprint density at radius 3 is 2.46 bits per heavy atom. The molecule has 1 aliphatic heterocycles. The number of nitrogens with zero attached hydrogens (tertiary/aromatic N) is 1. The van der Waals surface area contributed by atoms with Gasteiger partial charge in [-0.15, -0.1) is 0 Å². The third-order valence-corrected chi connectivity index (χ3v) is 3.00. The summed E-state index contributed by atoms with van der Waals surface area (Å²) in [4.78, 5) is 4.89. The van der Waals surface area contributed by atoms with Crippen molar-refractivity contribution in [3.63, 3.8) is 0 Å². The predicted molar refractivity (Wildman–Crippen MR) is 53.5 cm³/mol. The van der Waals surface area contributed by atoms with E-state index in [1.807, 2.05) is 0 Å². The van der Waals surface area contributed by atoms with E-state index in [9.17, 15) is 8.42 Å². The van der Waals surface area contributed by atoms with Gasteiger partial charge in [-0.1, -0.05) is 5.16 Å². The Kier molecular flexibility index (Phi) is 4.75. The third kappa shape index (κ3) is 5.24. The number of hydrogen-bond acceptors (Lipinski definition) is 5. The minimum atomic E-state index is -4.05. The van der Waals surface area contributed by atoms with Gasteiger partial charge in [0.05, 0.1) is 10.8 Å². The second kappa shape index (κ2) is 4.50. The summed E-state index contributed by atoms with van der Waals surface area (Å²) >= 11 is 0. The fraction of sp³-hybridized carbons (Fsp3) is 0.800. The molecule has 1 aliphatic rings. The van der Waals surface area contributed by atoms with Crippen LogP contribution in [0.4, 0.5) is 0 Å². The SMILES string of the molecule is CC1(C)CC(SS(=O)(=O)O)=NO1.[NaH]. The first-order chi connectivity index (χ1) is 5.29. The van der Waals surface area contributed by atoms with Crippen LogP contribution in [0.3, 0.4) is 0 Å². The van der Waals surface area contributed by atoms with Crippen LogP contribution in [-0.4, -0.2) is 53.2 Å². The van der Waals surface area contributed by atoms with Crippen molar-refractivity contribution in [3.8, 4) is 0 Å². The summed E-state index contributed by atoms with van der Waals surface area (Å²) in [6, 6.07) is 0. The topological polar surface area (TPSA) is 76.0 Å². The van der Waals surface area contributed by atoms with Crippen molar-refractivity contribution in [2.75, 3.05) is 0 Å². The Labute approximate surface area is 103 Å². The van der Waals surface area contributed by atoms with Gasteiger partial charge in [-0.05, 0) is 13.8 Å². The zero-order chi connectivity index (χ0) is 9.41. The molecule has 0 radical (unpaired) electrons. The monoisotopic (exact) mass is 235 g/mol. The summed E-state index contributed by atoms with van der Waals surface area (Å²) in [6.45, 7) is 3.57. The normalized spacial score (nSPS) is 20.1. The van der Waals surface area contributed by atoms with Gasteiger partial charge in [0.25, 0.3) is 0 Å². The minimum absolute atomic E-state index is 0. The first kappa shape index (κ1) is 13.7. The van der Waals surface area contributed by atoms with E-state index < -0.39 is 14.8 Å². The van der Waals surface area contributed by atoms with E-state index >= 15 is 0 Å². The molecule has 0 bridgehead atoms. The quantitative estimate of drug-likeness (QED) is 0.404. The maximum atomic E-state index is 10.4. The zero-order valence-electron chi connectivity index (χ0n) is 6.64. The van der Waals surface area contributed by atoms with Crippen LogP contribution in [0.15, 0.2) is 5.16 Å². The summed E-state index contributed by atoms with van der Waals surface area (Å²) in [6.07, 6.45) is 0.400. The molecule has 1 N–H and O–H groups in total. The molecule has 0 atom stereocenters. The first-order valence-electron chi connectivity index (χ1n) is 3.20. The van der Waals surface area contributed by atoms with Gasteiger partial charge in [-0.3, -0.25) is 4.55 Å². The molecule has 0 amide bonds. The number of rotatable bonds is 1. The van der Waals surface area contributed by atoms with Crippen molar-refractivity contribution >= 4 is 54.5 Å². The third-order valence-electron chi connectivity index (χ3n) is 1.17. The van der Waals surface area contributed by atoms with Crippen LogP contribution in [-0.2, 0) is 14.0 Å². The van der Waals surface area contributed by atoms with E-state index in [4.69, 9.17) is 9.39 Å². The molecule has 13 heavy (non-hydrogen) atoms. The Morgan fingerprint density at radius 1 is 1.62 bits per heavy atom. The van der Waals surface area contributed by atoms with Gasteiger partial charge >= 0.3 is 38.7 Å². The Morgan fingerprint density at radius 2 is 2.15 bits per heavy atom. The van der Waals surface area contributed by atoms with Crippen LogP contribution in [0.1, 0.15) is 20.3 Å². The first-order valence-corrected chi connectivity index (χ1v) is 5.98. The van der Waals surface area contributed by atoms with Gasteiger partial charge in [0, 0.05) is 6.42 Å². The van der Waals surface area contributed by atoms with Crippen LogP contribution in [0, 0.1) is 0 Å². The molecule has 0 fully saturated rings. The second-order valence-electron chi connectivity index (χ2n) is 3.02. The van der Waals surface area contributed by atoms with Gasteiger partial charge in [-0.2, -0.15) is 8.42 Å². The van der Waals surface area contributed by atoms with E-state index in [0.29, 0.717) is 17.2 Å². The molecule has 72 valence electrons. The van der Waals surface area contributed by atoms with Crippen molar-refractivity contribution in [2.24, 2.45) is 5.16 Å². The summed E-state index contributed by atoms with van der Waals surface area (Å²) < 4.78 is 29.2. The van der Waals surface area contributed by atoms with Crippen LogP contribution in [0.5, 0.6) is 0 Å². The number of oxime groups is 1. The fourth-order valence-electron chi connectivity index (χ4n) is 0.769. The Bertz CT molecular complexity index is 310. The summed E-state index contributed by atoms with van der Waals surface area (Å²) in [5.41, 5.74) is -0.465. The molecule has 0 aromatic carbocycles. The van der Waals surface area contributed by atoms with Crippen molar-refractivity contribution in [3.05, 3.63) is 0 Å². The molecule has 0 aliphatic carbocycles. The molecule has 1 heterocycles. The molecule has 0 aromatic heterocycles. The van der Waals surface area contributed by atoms with Gasteiger partial charge in [0.15, 0.2) is 0 Å². The molecule has 0 unspecified atom stereocenters. The number of hydrogen-bond donors (Lipinski definition) is 1.